The van der Waals surface area contributed by atoms with E-state index >= 15 is 0 Å². The predicted molar refractivity (Wildman–Crippen MR) is 119 cm³/mol. The Hall–Kier alpha value is -0.920. The Labute approximate surface area is 187 Å². The summed E-state index contributed by atoms with van der Waals surface area (Å²) in [4.78, 5) is 0. The van der Waals surface area contributed by atoms with Gasteiger partial charge < -0.3 is 0 Å². The third-order valence-corrected chi connectivity index (χ3v) is 4.54. The van der Waals surface area contributed by atoms with Gasteiger partial charge in [-0.25, -0.2) is 12.1 Å². The number of fused-ring (bicyclic) bond motifs is 1. The van der Waals surface area contributed by atoms with Crippen LogP contribution in [0.5, 0.6) is 0 Å². The minimum Gasteiger partial charge on any atom is -0.214 e. The molecule has 4 aromatic rings. The van der Waals surface area contributed by atoms with E-state index < -0.39 is 0 Å². The van der Waals surface area contributed by atoms with Crippen LogP contribution in [0, 0.1) is 6.92 Å². The molecule has 0 aliphatic carbocycles. The van der Waals surface area contributed by atoms with Gasteiger partial charge in [0.2, 0.25) is 0 Å². The van der Waals surface area contributed by atoms with Crippen molar-refractivity contribution in [2.45, 2.75) is 20.0 Å². The normalized spacial score (nSPS) is 9.89. The van der Waals surface area contributed by atoms with Crippen LogP contribution >= 0.6 is 23.2 Å². The molecule has 0 aliphatic heterocycles. The van der Waals surface area contributed by atoms with Crippen molar-refractivity contribution in [3.8, 4) is 11.1 Å². The van der Waals surface area contributed by atoms with Crippen LogP contribution in [0.25, 0.3) is 21.9 Å². The van der Waals surface area contributed by atoms with Crippen LogP contribution in [0.1, 0.15) is 5.56 Å². The van der Waals surface area contributed by atoms with Crippen LogP contribution in [-0.4, -0.2) is 5.43 Å². The van der Waals surface area contributed by atoms with E-state index in [-0.39, 0.29) is 5.43 Å². The summed E-state index contributed by atoms with van der Waals surface area (Å²) in [6.45, 7) is 6.64. The molecule has 136 valence electrons. The Morgan fingerprint density at radius 1 is 0.889 bits per heavy atom. The van der Waals surface area contributed by atoms with E-state index in [9.17, 15) is 0 Å². The van der Waals surface area contributed by atoms with E-state index in [0.29, 0.717) is 0 Å². The summed E-state index contributed by atoms with van der Waals surface area (Å²) in [7, 11) is 0. The number of halogens is 2. The van der Waals surface area contributed by atoms with Gasteiger partial charge in [-0.2, -0.15) is 29.8 Å². The van der Waals surface area contributed by atoms with E-state index in [1.165, 1.54) is 0 Å². The van der Waals surface area contributed by atoms with Crippen molar-refractivity contribution in [2.75, 3.05) is 0 Å². The van der Waals surface area contributed by atoms with E-state index in [1.807, 2.05) is 67.6 Å². The first kappa shape index (κ1) is 22.4. The van der Waals surface area contributed by atoms with Crippen molar-refractivity contribution in [3.63, 3.8) is 0 Å². The molecule has 0 aromatic heterocycles. The number of hydrogen-bond acceptors (Lipinski definition) is 0. The zero-order valence-electron chi connectivity index (χ0n) is 15.8. The van der Waals surface area contributed by atoms with E-state index in [1.54, 1.807) is 23.3 Å². The molecule has 4 rings (SSSR count). The van der Waals surface area contributed by atoms with Crippen LogP contribution in [-0.2, 0) is 23.3 Å². The Kier molecular flexibility index (Phi) is 9.26. The predicted octanol–water partition coefficient (Wildman–Crippen LogP) is 8.03. The monoisotopic (exact) mass is 486 g/mol. The van der Waals surface area contributed by atoms with Crippen LogP contribution in [0.3, 0.4) is 0 Å². The quantitative estimate of drug-likeness (QED) is 0.188. The van der Waals surface area contributed by atoms with Crippen molar-refractivity contribution in [3.05, 3.63) is 94.5 Å². The van der Waals surface area contributed by atoms with Gasteiger partial charge in [0.05, 0.1) is 0 Å². The van der Waals surface area contributed by atoms with Gasteiger partial charge in [0.15, 0.2) is 0 Å². The average Bonchev–Trinajstić information content (AvgIpc) is 3.29. The summed E-state index contributed by atoms with van der Waals surface area (Å²) >= 11 is 14.5. The molecule has 0 N–H and O–H groups in total. The third kappa shape index (κ3) is 6.57. The number of benzene rings is 2. The van der Waals surface area contributed by atoms with Crippen molar-refractivity contribution in [2.24, 2.45) is 0 Å². The molecule has 0 aliphatic rings. The molecule has 27 heavy (non-hydrogen) atoms. The van der Waals surface area contributed by atoms with Gasteiger partial charge in [-0.1, -0.05) is 59.9 Å². The van der Waals surface area contributed by atoms with Gasteiger partial charge in [-0.05, 0) is 11.1 Å². The standard InChI is InChI=1S/C16H11Cl2.C5H5.C2H6Si.Zr/c1-10-9-12-7-8-13(17)14(15(12)16(10)18)11-5-3-2-4-6-11;1-2-4-5-3-1;1-3-2;/h2-9H,1H3;1-5H;1-2H3;/q2*-1;;+2. The number of rotatable bonds is 1. The molecule has 0 spiro atoms. The maximum absolute atomic E-state index is 6.41. The minimum absolute atomic E-state index is 0.210. The smallest absolute Gasteiger partial charge is 0.0299 e. The van der Waals surface area contributed by atoms with Crippen LogP contribution in [0.4, 0.5) is 0 Å². The molecule has 0 heterocycles. The second-order valence-electron chi connectivity index (χ2n) is 6.36. The maximum Gasteiger partial charge on any atom is 0.0299 e. The molecular formula is C23H22Cl2SiZr. The zero-order valence-corrected chi connectivity index (χ0v) is 20.7. The molecule has 0 bridgehead atoms. The molecule has 0 amide bonds. The first-order chi connectivity index (χ1) is 12.9. The second kappa shape index (κ2) is 11.2. The molecular weight excluding hydrogens is 466 g/mol. The molecule has 4 heteroatoms. The fraction of sp³-hybridized carbons (Fsp3) is 0.130. The third-order valence-electron chi connectivity index (χ3n) is 3.74. The van der Waals surface area contributed by atoms with Gasteiger partial charge in [0.1, 0.15) is 0 Å². The van der Waals surface area contributed by atoms with Crippen LogP contribution < -0.4 is 0 Å². The fourth-order valence-electron chi connectivity index (χ4n) is 2.65. The van der Waals surface area contributed by atoms with E-state index in [4.69, 9.17) is 23.2 Å². The van der Waals surface area contributed by atoms with E-state index in [2.05, 4.69) is 31.3 Å². The zero-order chi connectivity index (χ0) is 19.8. The van der Waals surface area contributed by atoms with Crippen LogP contribution in [0.15, 0.2) is 78.9 Å². The summed E-state index contributed by atoms with van der Waals surface area (Å²) in [5, 5.41) is 3.72. The molecule has 0 unspecified atom stereocenters. The van der Waals surface area contributed by atoms with Crippen molar-refractivity contribution >= 4 is 39.4 Å². The summed E-state index contributed by atoms with van der Waals surface area (Å²) in [6, 6.07) is 26.2. The van der Waals surface area contributed by atoms with E-state index in [0.717, 1.165) is 37.5 Å². The maximum atomic E-state index is 6.41. The van der Waals surface area contributed by atoms with Crippen molar-refractivity contribution < 1.29 is 23.3 Å². The first-order valence-electron chi connectivity index (χ1n) is 8.69. The Morgan fingerprint density at radius 2 is 1.48 bits per heavy atom. The Balaban J connectivity index is 0.000000241. The molecule has 0 saturated carbocycles. The topological polar surface area (TPSA) is 0 Å². The molecule has 0 fully saturated rings. The molecule has 0 nitrogen and oxygen atoms in total. The van der Waals surface area contributed by atoms with Gasteiger partial charge in [0.25, 0.3) is 0 Å². The fourth-order valence-corrected chi connectivity index (χ4v) is 3.18. The molecule has 4 aromatic carbocycles. The van der Waals surface area contributed by atoms with Gasteiger partial charge in [-0.3, -0.25) is 0 Å². The molecule has 0 atom stereocenters. The Bertz CT molecular complexity index is 965. The summed E-state index contributed by atoms with van der Waals surface area (Å²) in [5.41, 5.74) is 3.42. The van der Waals surface area contributed by atoms with Crippen LogP contribution in [0.2, 0.25) is 23.1 Å². The molecule has 0 radical (unpaired) electrons. The Morgan fingerprint density at radius 3 is 2.00 bits per heavy atom. The summed E-state index contributed by atoms with van der Waals surface area (Å²) in [5.74, 6) is 0. The largest absolute Gasteiger partial charge is 0.214 e. The second-order valence-corrected chi connectivity index (χ2v) is 16.5. The van der Waals surface area contributed by atoms with Crippen molar-refractivity contribution in [1.29, 1.82) is 0 Å². The SMILES string of the molecule is C[Si](C)=[Zr+2].Cc1[cH-]c2ccc(Cl)c(-c3ccccc3)c2c1Cl.c1cc[cH-]c1. The summed E-state index contributed by atoms with van der Waals surface area (Å²) in [6.07, 6.45) is 0. The molecule has 0 saturated heterocycles. The summed E-state index contributed by atoms with van der Waals surface area (Å²) < 4.78 is 0. The number of hydrogen-bond donors (Lipinski definition) is 0. The average molecular weight is 489 g/mol. The van der Waals surface area contributed by atoms with Gasteiger partial charge >= 0.3 is 41.9 Å². The van der Waals surface area contributed by atoms with Gasteiger partial charge in [-0.15, -0.1) is 28.5 Å². The minimum atomic E-state index is 0.210. The van der Waals surface area contributed by atoms with Crippen molar-refractivity contribution in [1.82, 2.24) is 0 Å². The van der Waals surface area contributed by atoms with Gasteiger partial charge in [0, 0.05) is 5.02 Å². The number of aryl methyl sites for hydroxylation is 1. The first-order valence-corrected chi connectivity index (χ1v) is 15.6.